The standard InChI is InChI=1S/C17H32N2/c1-17(2,3)16(13-18-19-15-11-12-15)14-9-7-5-4-6-8-10-14/h9,15-16,18-19H,4-8,10-13H2,1-3H3/b14-9-. The zero-order valence-corrected chi connectivity index (χ0v) is 13.1. The molecule has 1 fully saturated rings. The summed E-state index contributed by atoms with van der Waals surface area (Å²) in [5, 5.41) is 0. The van der Waals surface area contributed by atoms with Crippen LogP contribution in [0.25, 0.3) is 0 Å². The van der Waals surface area contributed by atoms with Gasteiger partial charge in [-0.05, 0) is 49.9 Å². The lowest BCUT2D eigenvalue weighted by molar-refractivity contribution is 0.252. The Labute approximate surface area is 119 Å². The summed E-state index contributed by atoms with van der Waals surface area (Å²) in [6.45, 7) is 8.23. The minimum absolute atomic E-state index is 0.350. The summed E-state index contributed by atoms with van der Waals surface area (Å²) >= 11 is 0. The minimum atomic E-state index is 0.350. The number of allylic oxidation sites excluding steroid dienone is 1. The van der Waals surface area contributed by atoms with Gasteiger partial charge in [0.2, 0.25) is 0 Å². The van der Waals surface area contributed by atoms with E-state index in [0.717, 1.165) is 12.6 Å². The lowest BCUT2D eigenvalue weighted by Gasteiger charge is -2.34. The summed E-state index contributed by atoms with van der Waals surface area (Å²) < 4.78 is 0. The molecule has 0 aromatic heterocycles. The van der Waals surface area contributed by atoms with Gasteiger partial charge in [0.05, 0.1) is 0 Å². The van der Waals surface area contributed by atoms with Gasteiger partial charge in [-0.15, -0.1) is 0 Å². The van der Waals surface area contributed by atoms with E-state index in [1.165, 1.54) is 51.4 Å². The molecule has 0 aromatic carbocycles. The summed E-state index contributed by atoms with van der Waals surface area (Å²) in [7, 11) is 0. The molecule has 0 amide bonds. The Morgan fingerprint density at radius 3 is 2.58 bits per heavy atom. The van der Waals surface area contributed by atoms with E-state index in [1.54, 1.807) is 5.57 Å². The summed E-state index contributed by atoms with van der Waals surface area (Å²) in [5.41, 5.74) is 9.00. The van der Waals surface area contributed by atoms with Gasteiger partial charge >= 0.3 is 0 Å². The third-order valence-corrected chi connectivity index (χ3v) is 4.51. The van der Waals surface area contributed by atoms with Gasteiger partial charge < -0.3 is 0 Å². The highest BCUT2D eigenvalue weighted by Gasteiger charge is 2.28. The van der Waals surface area contributed by atoms with Gasteiger partial charge in [-0.3, -0.25) is 10.9 Å². The van der Waals surface area contributed by atoms with Crippen molar-refractivity contribution in [3.8, 4) is 0 Å². The van der Waals surface area contributed by atoms with Gasteiger partial charge in [0.25, 0.3) is 0 Å². The lowest BCUT2D eigenvalue weighted by Crippen LogP contribution is -2.41. The molecule has 0 heterocycles. The Hall–Kier alpha value is -0.340. The van der Waals surface area contributed by atoms with Crippen LogP contribution in [-0.4, -0.2) is 12.6 Å². The molecule has 1 saturated carbocycles. The molecule has 0 radical (unpaired) electrons. The highest BCUT2D eigenvalue weighted by molar-refractivity contribution is 5.11. The molecule has 2 heteroatoms. The van der Waals surface area contributed by atoms with Crippen molar-refractivity contribution in [2.24, 2.45) is 11.3 Å². The molecule has 2 aliphatic carbocycles. The molecule has 110 valence electrons. The quantitative estimate of drug-likeness (QED) is 0.575. The molecule has 0 spiro atoms. The average Bonchev–Trinajstić information content (AvgIpc) is 3.07. The van der Waals surface area contributed by atoms with Crippen molar-refractivity contribution in [1.29, 1.82) is 0 Å². The van der Waals surface area contributed by atoms with Gasteiger partial charge in [0.1, 0.15) is 0 Å². The van der Waals surface area contributed by atoms with E-state index in [-0.39, 0.29) is 0 Å². The smallest absolute Gasteiger partial charge is 0.0214 e. The summed E-state index contributed by atoms with van der Waals surface area (Å²) in [4.78, 5) is 0. The predicted octanol–water partition coefficient (Wildman–Crippen LogP) is 4.19. The summed E-state index contributed by atoms with van der Waals surface area (Å²) in [5.74, 6) is 0.664. The van der Waals surface area contributed by atoms with E-state index >= 15 is 0 Å². The second-order valence-corrected chi connectivity index (χ2v) is 7.45. The van der Waals surface area contributed by atoms with Gasteiger partial charge in [-0.1, -0.05) is 45.3 Å². The van der Waals surface area contributed by atoms with Crippen LogP contribution in [0.5, 0.6) is 0 Å². The first-order valence-electron chi connectivity index (χ1n) is 8.24. The van der Waals surface area contributed by atoms with Crippen molar-refractivity contribution in [3.05, 3.63) is 11.6 Å². The van der Waals surface area contributed by atoms with Crippen LogP contribution in [0.15, 0.2) is 11.6 Å². The first kappa shape index (κ1) is 15.1. The first-order valence-corrected chi connectivity index (χ1v) is 8.24. The third-order valence-electron chi connectivity index (χ3n) is 4.51. The van der Waals surface area contributed by atoms with Crippen molar-refractivity contribution >= 4 is 0 Å². The fraction of sp³-hybridized carbons (Fsp3) is 0.882. The van der Waals surface area contributed by atoms with Crippen LogP contribution in [0.1, 0.15) is 72.1 Å². The third kappa shape index (κ3) is 5.27. The maximum absolute atomic E-state index is 3.50. The highest BCUT2D eigenvalue weighted by atomic mass is 15.4. The Balaban J connectivity index is 1.93. The number of rotatable bonds is 5. The molecule has 2 rings (SSSR count). The minimum Gasteiger partial charge on any atom is -0.257 e. The maximum Gasteiger partial charge on any atom is 0.0214 e. The topological polar surface area (TPSA) is 24.1 Å². The molecule has 1 unspecified atom stereocenters. The monoisotopic (exact) mass is 264 g/mol. The van der Waals surface area contributed by atoms with Crippen molar-refractivity contribution in [2.75, 3.05) is 6.54 Å². The molecule has 0 aromatic rings. The largest absolute Gasteiger partial charge is 0.257 e. The Kier molecular flexibility index (Phi) is 5.47. The SMILES string of the molecule is CC(C)(C)C(CNNC1CC1)/C1=C\CCCCCC1. The molecule has 0 saturated heterocycles. The zero-order chi connectivity index (χ0) is 13.7. The fourth-order valence-corrected chi connectivity index (χ4v) is 3.06. The molecule has 2 nitrogen and oxygen atoms in total. The van der Waals surface area contributed by atoms with E-state index in [4.69, 9.17) is 0 Å². The molecular formula is C17H32N2. The van der Waals surface area contributed by atoms with Gasteiger partial charge in [0.15, 0.2) is 0 Å². The second-order valence-electron chi connectivity index (χ2n) is 7.45. The molecular weight excluding hydrogens is 232 g/mol. The van der Waals surface area contributed by atoms with Crippen molar-refractivity contribution < 1.29 is 0 Å². The number of nitrogens with one attached hydrogen (secondary N) is 2. The van der Waals surface area contributed by atoms with Crippen molar-refractivity contribution in [2.45, 2.75) is 78.2 Å². The summed E-state index contributed by atoms with van der Waals surface area (Å²) in [6.07, 6.45) is 13.4. The Morgan fingerprint density at radius 2 is 1.89 bits per heavy atom. The summed E-state index contributed by atoms with van der Waals surface area (Å²) in [6, 6.07) is 0.743. The molecule has 0 bridgehead atoms. The van der Waals surface area contributed by atoms with E-state index in [0.29, 0.717) is 11.3 Å². The molecule has 2 aliphatic rings. The first-order chi connectivity index (χ1) is 9.07. The number of hydrogen-bond donors (Lipinski definition) is 2. The van der Waals surface area contributed by atoms with Crippen LogP contribution in [0.2, 0.25) is 0 Å². The van der Waals surface area contributed by atoms with Crippen LogP contribution in [0, 0.1) is 11.3 Å². The van der Waals surface area contributed by atoms with Crippen LogP contribution in [0.3, 0.4) is 0 Å². The van der Waals surface area contributed by atoms with Crippen LogP contribution in [-0.2, 0) is 0 Å². The average molecular weight is 264 g/mol. The van der Waals surface area contributed by atoms with Crippen LogP contribution >= 0.6 is 0 Å². The van der Waals surface area contributed by atoms with Crippen molar-refractivity contribution in [1.82, 2.24) is 10.9 Å². The Bertz CT molecular complexity index is 297. The van der Waals surface area contributed by atoms with Crippen LogP contribution in [0.4, 0.5) is 0 Å². The molecule has 1 atom stereocenters. The van der Waals surface area contributed by atoms with E-state index < -0.39 is 0 Å². The van der Waals surface area contributed by atoms with E-state index in [1.807, 2.05) is 0 Å². The number of hydrazine groups is 1. The molecule has 2 N–H and O–H groups in total. The number of hydrogen-bond acceptors (Lipinski definition) is 2. The fourth-order valence-electron chi connectivity index (χ4n) is 3.06. The zero-order valence-electron chi connectivity index (χ0n) is 13.1. The maximum atomic E-state index is 3.50. The van der Waals surface area contributed by atoms with Crippen LogP contribution < -0.4 is 10.9 Å². The predicted molar refractivity (Wildman–Crippen MR) is 82.9 cm³/mol. The van der Waals surface area contributed by atoms with E-state index in [9.17, 15) is 0 Å². The van der Waals surface area contributed by atoms with Gasteiger partial charge in [-0.2, -0.15) is 0 Å². The van der Waals surface area contributed by atoms with Gasteiger partial charge in [0, 0.05) is 12.6 Å². The van der Waals surface area contributed by atoms with E-state index in [2.05, 4.69) is 37.7 Å². The highest BCUT2D eigenvalue weighted by Crippen LogP contribution is 2.35. The second kappa shape index (κ2) is 6.90. The molecule has 19 heavy (non-hydrogen) atoms. The normalized spacial score (nSPS) is 26.2. The van der Waals surface area contributed by atoms with Crippen molar-refractivity contribution in [3.63, 3.8) is 0 Å². The van der Waals surface area contributed by atoms with Gasteiger partial charge in [-0.25, -0.2) is 0 Å². The lowest BCUT2D eigenvalue weighted by atomic mass is 9.74. The molecule has 0 aliphatic heterocycles. The Morgan fingerprint density at radius 1 is 1.16 bits per heavy atom.